The number of nitrogens with zero attached hydrogens (tertiary/aromatic N) is 3. The predicted molar refractivity (Wildman–Crippen MR) is 113 cm³/mol. The minimum atomic E-state index is -2.90. The van der Waals surface area contributed by atoms with Gasteiger partial charge in [0.25, 0.3) is 0 Å². The molecular weight excluding hydrogens is 390 g/mol. The van der Waals surface area contributed by atoms with Crippen molar-refractivity contribution in [1.29, 1.82) is 0 Å². The molecule has 1 atom stereocenters. The van der Waals surface area contributed by atoms with Crippen LogP contribution in [0.4, 0.5) is 5.82 Å². The summed E-state index contributed by atoms with van der Waals surface area (Å²) in [5.41, 5.74) is 2.09. The summed E-state index contributed by atoms with van der Waals surface area (Å²) in [6, 6.07) is 7.91. The number of rotatable bonds is 8. The maximum atomic E-state index is 11.5. The van der Waals surface area contributed by atoms with Crippen molar-refractivity contribution < 1.29 is 18.2 Å². The third-order valence-corrected chi connectivity index (χ3v) is 6.75. The van der Waals surface area contributed by atoms with Gasteiger partial charge in [0.15, 0.2) is 15.6 Å². The van der Waals surface area contributed by atoms with Crippen molar-refractivity contribution in [3.63, 3.8) is 0 Å². The van der Waals surface area contributed by atoms with Gasteiger partial charge in [-0.1, -0.05) is 32.9 Å². The van der Waals surface area contributed by atoms with Gasteiger partial charge in [-0.15, -0.1) is 0 Å². The van der Waals surface area contributed by atoms with Crippen molar-refractivity contribution in [3.05, 3.63) is 47.9 Å². The van der Waals surface area contributed by atoms with Gasteiger partial charge in [0, 0.05) is 19.0 Å². The quantitative estimate of drug-likeness (QED) is 0.369. The Balaban J connectivity index is 1.45. The van der Waals surface area contributed by atoms with E-state index in [1.807, 2.05) is 23.1 Å². The summed E-state index contributed by atoms with van der Waals surface area (Å²) in [7, 11) is -2.90. The van der Waals surface area contributed by atoms with E-state index in [1.54, 1.807) is 12.4 Å². The van der Waals surface area contributed by atoms with Crippen LogP contribution in [0.15, 0.2) is 36.7 Å². The molecular formula is C21H29N3O4S. The Morgan fingerprint density at radius 3 is 2.52 bits per heavy atom. The van der Waals surface area contributed by atoms with Gasteiger partial charge >= 0.3 is 0 Å². The van der Waals surface area contributed by atoms with Gasteiger partial charge < -0.3 is 9.79 Å². The van der Waals surface area contributed by atoms with Crippen LogP contribution in [0.5, 0.6) is 5.75 Å². The Morgan fingerprint density at radius 1 is 1.10 bits per heavy atom. The Hall–Kier alpha value is -2.19. The molecule has 1 fully saturated rings. The third kappa shape index (κ3) is 6.14. The molecule has 0 saturated carbocycles. The summed E-state index contributed by atoms with van der Waals surface area (Å²) in [5.74, 6) is 2.38. The zero-order valence-corrected chi connectivity index (χ0v) is 18.1. The summed E-state index contributed by atoms with van der Waals surface area (Å²) in [6.07, 6.45) is 4.23. The summed E-state index contributed by atoms with van der Waals surface area (Å²) < 4.78 is 23.1. The van der Waals surface area contributed by atoms with Gasteiger partial charge in [0.2, 0.25) is 0 Å². The highest BCUT2D eigenvalue weighted by Crippen LogP contribution is 2.22. The Labute approximate surface area is 172 Å². The fraction of sp³-hybridized carbons (Fsp3) is 0.524. The van der Waals surface area contributed by atoms with Crippen LogP contribution < -0.4 is 9.79 Å². The molecule has 7 nitrogen and oxygen atoms in total. The minimum absolute atomic E-state index is 0.170. The Bertz CT molecular complexity index is 886. The van der Waals surface area contributed by atoms with Crippen molar-refractivity contribution in [2.24, 2.45) is 0 Å². The average Bonchev–Trinajstić information content (AvgIpc) is 2.71. The van der Waals surface area contributed by atoms with Crippen LogP contribution in [-0.4, -0.2) is 49.6 Å². The van der Waals surface area contributed by atoms with Gasteiger partial charge in [-0.05, 0) is 30.0 Å². The number of anilines is 1. The summed E-state index contributed by atoms with van der Waals surface area (Å²) in [4.78, 5) is 21.7. The van der Waals surface area contributed by atoms with Crippen LogP contribution in [0.2, 0.25) is 0 Å². The molecule has 158 valence electrons. The molecule has 1 aliphatic heterocycles. The fourth-order valence-electron chi connectivity index (χ4n) is 3.10. The normalized spacial score (nSPS) is 17.3. The van der Waals surface area contributed by atoms with Crippen LogP contribution in [-0.2, 0) is 14.7 Å². The summed E-state index contributed by atoms with van der Waals surface area (Å²) in [5, 5.41) is 0. The summed E-state index contributed by atoms with van der Waals surface area (Å²) in [6.45, 7) is 7.73. The molecule has 0 unspecified atom stereocenters. The van der Waals surface area contributed by atoms with Crippen LogP contribution in [0, 0.1) is 0 Å². The van der Waals surface area contributed by atoms with E-state index in [4.69, 9.17) is 9.78 Å². The molecule has 8 heteroatoms. The van der Waals surface area contributed by atoms with E-state index in [0.717, 1.165) is 17.9 Å². The summed E-state index contributed by atoms with van der Waals surface area (Å²) >= 11 is 0. The molecule has 0 bridgehead atoms. The van der Waals surface area contributed by atoms with Gasteiger partial charge in [-0.2, -0.15) is 4.89 Å². The predicted octanol–water partition coefficient (Wildman–Crippen LogP) is 3.34. The second kappa shape index (κ2) is 9.54. The maximum Gasteiger partial charge on any atom is 0.165 e. The van der Waals surface area contributed by atoms with Crippen molar-refractivity contribution >= 4 is 15.7 Å². The number of sulfone groups is 1. The molecule has 0 aliphatic carbocycles. The number of aromatic nitrogens is 2. The van der Waals surface area contributed by atoms with Crippen molar-refractivity contribution in [3.8, 4) is 5.75 Å². The lowest BCUT2D eigenvalue weighted by Gasteiger charge is -2.27. The minimum Gasteiger partial charge on any atom is -0.353 e. The van der Waals surface area contributed by atoms with E-state index < -0.39 is 9.84 Å². The zero-order valence-electron chi connectivity index (χ0n) is 17.2. The van der Waals surface area contributed by atoms with Crippen LogP contribution >= 0.6 is 0 Å². The maximum absolute atomic E-state index is 11.5. The molecule has 0 spiro atoms. The molecule has 2 aromatic rings. The van der Waals surface area contributed by atoms with Crippen LogP contribution in [0.25, 0.3) is 0 Å². The number of hydrogen-bond acceptors (Lipinski definition) is 7. The van der Waals surface area contributed by atoms with E-state index in [0.29, 0.717) is 31.4 Å². The van der Waals surface area contributed by atoms with Gasteiger partial charge in [-0.3, -0.25) is 4.98 Å². The molecule has 1 aromatic carbocycles. The van der Waals surface area contributed by atoms with E-state index >= 15 is 0 Å². The second-order valence-corrected chi connectivity index (χ2v) is 10.1. The molecule has 0 amide bonds. The van der Waals surface area contributed by atoms with Gasteiger partial charge in [0.1, 0.15) is 5.82 Å². The third-order valence-electron chi connectivity index (χ3n) is 5.15. The monoisotopic (exact) mass is 419 g/mol. The van der Waals surface area contributed by atoms with Crippen molar-refractivity contribution in [2.45, 2.75) is 39.0 Å². The number of benzene rings is 1. The van der Waals surface area contributed by atoms with E-state index in [1.165, 1.54) is 5.56 Å². The molecule has 0 radical (unpaired) electrons. The Morgan fingerprint density at radius 2 is 1.86 bits per heavy atom. The lowest BCUT2D eigenvalue weighted by molar-refractivity contribution is -0.207. The second-order valence-electron chi connectivity index (χ2n) is 7.76. The number of hydrogen-bond donors (Lipinski definition) is 0. The first-order valence-corrected chi connectivity index (χ1v) is 11.8. The molecule has 1 aromatic heterocycles. The smallest absolute Gasteiger partial charge is 0.165 e. The van der Waals surface area contributed by atoms with E-state index in [9.17, 15) is 8.42 Å². The molecule has 3 rings (SSSR count). The van der Waals surface area contributed by atoms with E-state index in [-0.39, 0.29) is 17.4 Å². The highest BCUT2D eigenvalue weighted by Gasteiger charge is 2.22. The van der Waals surface area contributed by atoms with Crippen LogP contribution in [0.3, 0.4) is 0 Å². The highest BCUT2D eigenvalue weighted by atomic mass is 32.2. The van der Waals surface area contributed by atoms with Crippen molar-refractivity contribution in [1.82, 2.24) is 9.97 Å². The SMILES string of the molecule is CC(C)c1cccc(OOCC[C@@H](C)c2cnc(N3CCS(=O)(=O)CC3)cn2)c1. The lowest BCUT2D eigenvalue weighted by Crippen LogP contribution is -2.40. The average molecular weight is 420 g/mol. The first-order valence-electron chi connectivity index (χ1n) is 10.0. The molecule has 0 N–H and O–H groups in total. The van der Waals surface area contributed by atoms with E-state index in [2.05, 4.69) is 36.8 Å². The molecule has 29 heavy (non-hydrogen) atoms. The zero-order chi connectivity index (χ0) is 20.9. The van der Waals surface area contributed by atoms with Gasteiger partial charge in [0.05, 0.1) is 36.2 Å². The van der Waals surface area contributed by atoms with Crippen LogP contribution in [0.1, 0.15) is 50.3 Å². The highest BCUT2D eigenvalue weighted by molar-refractivity contribution is 7.91. The lowest BCUT2D eigenvalue weighted by atomic mass is 10.0. The topological polar surface area (TPSA) is 81.6 Å². The standard InChI is InChI=1S/C21H29N3O4S/c1-16(2)18-5-4-6-19(13-18)28-27-10-7-17(3)20-14-23-21(15-22-20)24-8-11-29(25,26)12-9-24/h4-6,13-17H,7-12H2,1-3H3/t17-/m1/s1. The largest absolute Gasteiger partial charge is 0.353 e. The van der Waals surface area contributed by atoms with Gasteiger partial charge in [-0.25, -0.2) is 13.4 Å². The molecule has 1 aliphatic rings. The molecule has 1 saturated heterocycles. The molecule has 2 heterocycles. The first kappa shape index (κ1) is 21.5. The Kier molecular flexibility index (Phi) is 7.08. The van der Waals surface area contributed by atoms with Crippen molar-refractivity contribution in [2.75, 3.05) is 36.1 Å². The fourth-order valence-corrected chi connectivity index (χ4v) is 4.30. The first-order chi connectivity index (χ1) is 13.8.